The summed E-state index contributed by atoms with van der Waals surface area (Å²) in [5.41, 5.74) is 1.28. The summed E-state index contributed by atoms with van der Waals surface area (Å²) in [7, 11) is 0. The zero-order chi connectivity index (χ0) is 26.3. The van der Waals surface area contributed by atoms with Crippen LogP contribution in [-0.2, 0) is 23.8 Å². The highest BCUT2D eigenvalue weighted by Crippen LogP contribution is 2.39. The van der Waals surface area contributed by atoms with Gasteiger partial charge in [-0.2, -0.15) is 13.2 Å². The maximum atomic E-state index is 13.0. The van der Waals surface area contributed by atoms with Crippen LogP contribution in [0.25, 0.3) is 11.0 Å². The van der Waals surface area contributed by atoms with Gasteiger partial charge < -0.3 is 25.1 Å². The fourth-order valence-corrected chi connectivity index (χ4v) is 5.04. The van der Waals surface area contributed by atoms with Gasteiger partial charge in [-0.15, -0.1) is 0 Å². The molecule has 0 saturated carbocycles. The van der Waals surface area contributed by atoms with Crippen LogP contribution in [0, 0.1) is 0 Å². The standard InChI is InChI=1S/C26H24F3N3O5/c27-26(28,29)16-5-1-6-17(12-16)30-24(35)20(13-33)31-23(34)19-11-15-10-14-4-2-8-32-9-3-7-18(21(14)32)22(15)37-25(19)36/h1,5-6,10-12,20,33H,2-4,7-9,13H2,(H,30,35)(H,31,34). The monoisotopic (exact) mass is 515 g/mol. The molecule has 3 aromatic rings. The van der Waals surface area contributed by atoms with Crippen LogP contribution in [0.4, 0.5) is 24.5 Å². The summed E-state index contributed by atoms with van der Waals surface area (Å²) in [5.74, 6) is -1.89. The van der Waals surface area contributed by atoms with Crippen LogP contribution >= 0.6 is 0 Å². The average Bonchev–Trinajstić information content (AvgIpc) is 2.87. The highest BCUT2D eigenvalue weighted by molar-refractivity contribution is 6.02. The van der Waals surface area contributed by atoms with Crippen molar-refractivity contribution in [2.45, 2.75) is 37.9 Å². The number of halogens is 3. The van der Waals surface area contributed by atoms with Crippen LogP contribution in [0.3, 0.4) is 0 Å². The lowest BCUT2D eigenvalue weighted by Crippen LogP contribution is -2.47. The Morgan fingerprint density at radius 2 is 1.86 bits per heavy atom. The van der Waals surface area contributed by atoms with E-state index in [0.717, 1.165) is 73.8 Å². The van der Waals surface area contributed by atoms with Gasteiger partial charge in [0.15, 0.2) is 0 Å². The van der Waals surface area contributed by atoms with E-state index >= 15 is 0 Å². The number of fused-ring (bicyclic) bond motifs is 2. The number of nitrogens with one attached hydrogen (secondary N) is 2. The second-order valence-electron chi connectivity index (χ2n) is 9.20. The SMILES string of the molecule is O=C(NC(CO)C(=O)Nc1cccc(C(F)(F)F)c1)c1cc2cc3c4c(c2oc1=O)CCCN4CCC3. The topological polar surface area (TPSA) is 112 Å². The summed E-state index contributed by atoms with van der Waals surface area (Å²) in [6.45, 7) is 1.05. The summed E-state index contributed by atoms with van der Waals surface area (Å²) in [6.07, 6.45) is -1.05. The number of amides is 2. The predicted molar refractivity (Wildman–Crippen MR) is 130 cm³/mol. The Labute approximate surface area is 209 Å². The van der Waals surface area contributed by atoms with Crippen molar-refractivity contribution in [3.63, 3.8) is 0 Å². The molecule has 2 aliphatic rings. The Hall–Kier alpha value is -3.86. The molecule has 3 heterocycles. The minimum absolute atomic E-state index is 0.162. The van der Waals surface area contributed by atoms with Crippen LogP contribution in [-0.4, -0.2) is 42.7 Å². The minimum Gasteiger partial charge on any atom is -0.422 e. The van der Waals surface area contributed by atoms with Crippen molar-refractivity contribution in [3.05, 3.63) is 69.1 Å². The zero-order valence-corrected chi connectivity index (χ0v) is 19.7. The molecule has 2 aliphatic heterocycles. The highest BCUT2D eigenvalue weighted by Gasteiger charge is 2.31. The van der Waals surface area contributed by atoms with Crippen molar-refractivity contribution >= 4 is 34.2 Å². The number of nitrogens with zero attached hydrogens (tertiary/aromatic N) is 1. The van der Waals surface area contributed by atoms with Gasteiger partial charge in [-0.1, -0.05) is 6.07 Å². The lowest BCUT2D eigenvalue weighted by molar-refractivity contribution is -0.137. The van der Waals surface area contributed by atoms with E-state index in [1.807, 2.05) is 6.07 Å². The largest absolute Gasteiger partial charge is 0.422 e. The van der Waals surface area contributed by atoms with Crippen molar-refractivity contribution < 1.29 is 32.3 Å². The van der Waals surface area contributed by atoms with E-state index in [0.29, 0.717) is 11.0 Å². The van der Waals surface area contributed by atoms with Crippen molar-refractivity contribution in [3.8, 4) is 0 Å². The summed E-state index contributed by atoms with van der Waals surface area (Å²) < 4.78 is 44.4. The number of carbonyl (C=O) groups excluding carboxylic acids is 2. The number of aliphatic hydroxyl groups excluding tert-OH is 1. The fourth-order valence-electron chi connectivity index (χ4n) is 5.04. The van der Waals surface area contributed by atoms with Crippen LogP contribution in [0.1, 0.15) is 39.9 Å². The third-order valence-corrected chi connectivity index (χ3v) is 6.72. The molecule has 0 spiro atoms. The molecule has 37 heavy (non-hydrogen) atoms. The number of aryl methyl sites for hydroxylation is 2. The van der Waals surface area contributed by atoms with Crippen LogP contribution in [0.15, 0.2) is 45.6 Å². The molecule has 8 nitrogen and oxygen atoms in total. The maximum Gasteiger partial charge on any atom is 0.416 e. The number of carbonyl (C=O) groups is 2. The quantitative estimate of drug-likeness (QED) is 0.450. The Morgan fingerprint density at radius 3 is 2.59 bits per heavy atom. The van der Waals surface area contributed by atoms with Gasteiger partial charge >= 0.3 is 11.8 Å². The predicted octanol–water partition coefficient (Wildman–Crippen LogP) is 3.24. The molecule has 1 atom stereocenters. The van der Waals surface area contributed by atoms with Crippen LogP contribution in [0.5, 0.6) is 0 Å². The molecule has 2 amide bonds. The number of hydrogen-bond acceptors (Lipinski definition) is 6. The Kier molecular flexibility index (Phi) is 6.40. The molecule has 1 unspecified atom stereocenters. The number of benzene rings is 2. The third-order valence-electron chi connectivity index (χ3n) is 6.72. The Bertz CT molecular complexity index is 1450. The maximum absolute atomic E-state index is 13.0. The molecular formula is C26H24F3N3O5. The van der Waals surface area contributed by atoms with E-state index < -0.39 is 41.8 Å². The van der Waals surface area contributed by atoms with Gasteiger partial charge in [0.05, 0.1) is 12.2 Å². The smallest absolute Gasteiger partial charge is 0.416 e. The molecule has 0 bridgehead atoms. The normalized spacial score (nSPS) is 15.7. The van der Waals surface area contributed by atoms with Gasteiger partial charge in [-0.3, -0.25) is 9.59 Å². The summed E-state index contributed by atoms with van der Waals surface area (Å²) in [4.78, 5) is 40.5. The highest BCUT2D eigenvalue weighted by atomic mass is 19.4. The number of anilines is 2. The molecule has 2 aromatic carbocycles. The number of aliphatic hydroxyl groups is 1. The minimum atomic E-state index is -4.61. The van der Waals surface area contributed by atoms with Gasteiger partial charge in [0.2, 0.25) is 5.91 Å². The summed E-state index contributed by atoms with van der Waals surface area (Å²) in [6, 6.07) is 5.76. The second-order valence-corrected chi connectivity index (χ2v) is 9.20. The molecule has 3 N–H and O–H groups in total. The summed E-state index contributed by atoms with van der Waals surface area (Å²) >= 11 is 0. The van der Waals surface area contributed by atoms with Gasteiger partial charge in [0, 0.05) is 35.4 Å². The second kappa shape index (κ2) is 9.55. The van der Waals surface area contributed by atoms with Crippen LogP contribution in [0.2, 0.25) is 0 Å². The van der Waals surface area contributed by atoms with Crippen molar-refractivity contribution in [2.75, 3.05) is 29.9 Å². The summed E-state index contributed by atoms with van der Waals surface area (Å²) in [5, 5.41) is 14.8. The molecule has 0 aliphatic carbocycles. The molecule has 11 heteroatoms. The van der Waals surface area contributed by atoms with Gasteiger partial charge in [-0.25, -0.2) is 4.79 Å². The van der Waals surface area contributed by atoms with E-state index in [4.69, 9.17) is 4.42 Å². The molecule has 5 rings (SSSR count). The van der Waals surface area contributed by atoms with Crippen molar-refractivity contribution in [2.24, 2.45) is 0 Å². The third kappa shape index (κ3) is 4.78. The first kappa shape index (κ1) is 24.8. The average molecular weight is 515 g/mol. The van der Waals surface area contributed by atoms with Crippen LogP contribution < -0.4 is 21.2 Å². The first-order valence-electron chi connectivity index (χ1n) is 11.9. The van der Waals surface area contributed by atoms with Gasteiger partial charge in [-0.05, 0) is 61.6 Å². The number of hydrogen-bond donors (Lipinski definition) is 3. The molecule has 0 radical (unpaired) electrons. The molecule has 194 valence electrons. The molecule has 1 aromatic heterocycles. The first-order valence-corrected chi connectivity index (χ1v) is 11.9. The Morgan fingerprint density at radius 1 is 1.11 bits per heavy atom. The van der Waals surface area contributed by atoms with E-state index in [-0.39, 0.29) is 11.3 Å². The molecule has 0 fully saturated rings. The molecular weight excluding hydrogens is 491 g/mol. The van der Waals surface area contributed by atoms with E-state index in [9.17, 15) is 32.7 Å². The van der Waals surface area contributed by atoms with E-state index in [1.165, 1.54) is 12.1 Å². The van der Waals surface area contributed by atoms with Crippen molar-refractivity contribution in [1.29, 1.82) is 0 Å². The van der Waals surface area contributed by atoms with E-state index in [1.54, 1.807) is 0 Å². The van der Waals surface area contributed by atoms with Crippen molar-refractivity contribution in [1.82, 2.24) is 5.32 Å². The lowest BCUT2D eigenvalue weighted by Gasteiger charge is -2.37. The number of rotatable bonds is 5. The zero-order valence-electron chi connectivity index (χ0n) is 19.7. The Balaban J connectivity index is 1.39. The number of alkyl halides is 3. The van der Waals surface area contributed by atoms with E-state index in [2.05, 4.69) is 15.5 Å². The molecule has 0 saturated heterocycles. The van der Waals surface area contributed by atoms with Gasteiger partial charge in [0.1, 0.15) is 17.2 Å². The van der Waals surface area contributed by atoms with Gasteiger partial charge in [0.25, 0.3) is 5.91 Å². The first-order chi connectivity index (χ1) is 17.7. The fraction of sp³-hybridized carbons (Fsp3) is 0.346. The lowest BCUT2D eigenvalue weighted by atomic mass is 9.90.